The van der Waals surface area contributed by atoms with Crippen LogP contribution in [0, 0.1) is 0 Å². The summed E-state index contributed by atoms with van der Waals surface area (Å²) in [6, 6.07) is 8.00. The molecular formula is C17H21N3O2S. The predicted molar refractivity (Wildman–Crippen MR) is 95.1 cm³/mol. The molecule has 2 N–H and O–H groups in total. The van der Waals surface area contributed by atoms with Crippen molar-refractivity contribution in [2.75, 3.05) is 32.1 Å². The van der Waals surface area contributed by atoms with Crippen molar-refractivity contribution in [3.05, 3.63) is 40.6 Å². The van der Waals surface area contributed by atoms with Crippen LogP contribution >= 0.6 is 11.3 Å². The van der Waals surface area contributed by atoms with Crippen LogP contribution in [0.3, 0.4) is 0 Å². The number of fused-ring (bicyclic) bond motifs is 1. The fourth-order valence-corrected chi connectivity index (χ4v) is 3.02. The number of ether oxygens (including phenoxy) is 2. The minimum Gasteiger partial charge on any atom is -0.490 e. The molecule has 0 bridgehead atoms. The normalized spacial score (nSPS) is 14.2. The van der Waals surface area contributed by atoms with Gasteiger partial charge in [0.15, 0.2) is 17.5 Å². The fourth-order valence-electron chi connectivity index (χ4n) is 2.32. The lowest BCUT2D eigenvalue weighted by atomic mass is 10.2. The van der Waals surface area contributed by atoms with Gasteiger partial charge in [0.25, 0.3) is 0 Å². The Bertz CT molecular complexity index is 656. The Balaban J connectivity index is 1.57. The summed E-state index contributed by atoms with van der Waals surface area (Å²) >= 11 is 1.72. The van der Waals surface area contributed by atoms with E-state index < -0.39 is 0 Å². The number of hydrogen-bond donors (Lipinski definition) is 2. The average molecular weight is 331 g/mol. The van der Waals surface area contributed by atoms with Crippen molar-refractivity contribution in [3.8, 4) is 11.5 Å². The number of nitrogens with zero attached hydrogens (tertiary/aromatic N) is 1. The first-order valence-corrected chi connectivity index (χ1v) is 8.68. The largest absolute Gasteiger partial charge is 0.490 e. The van der Waals surface area contributed by atoms with E-state index >= 15 is 0 Å². The molecule has 3 rings (SSSR count). The van der Waals surface area contributed by atoms with E-state index in [1.54, 1.807) is 18.4 Å². The van der Waals surface area contributed by atoms with E-state index in [1.807, 2.05) is 18.2 Å². The first kappa shape index (κ1) is 15.7. The average Bonchev–Trinajstić information content (AvgIpc) is 2.98. The molecule has 2 heterocycles. The Morgan fingerprint density at radius 3 is 2.87 bits per heavy atom. The third-order valence-corrected chi connectivity index (χ3v) is 4.25. The molecule has 6 heteroatoms. The van der Waals surface area contributed by atoms with Gasteiger partial charge in [-0.3, -0.25) is 4.99 Å². The summed E-state index contributed by atoms with van der Waals surface area (Å²) in [5.74, 6) is 2.32. The summed E-state index contributed by atoms with van der Waals surface area (Å²) in [6.45, 7) is 2.22. The van der Waals surface area contributed by atoms with Crippen LogP contribution in [-0.4, -0.2) is 32.8 Å². The molecule has 23 heavy (non-hydrogen) atoms. The summed E-state index contributed by atoms with van der Waals surface area (Å²) in [5, 5.41) is 10.9. The molecule has 1 aliphatic heterocycles. The van der Waals surface area contributed by atoms with Crippen molar-refractivity contribution in [3.63, 3.8) is 0 Å². The second-order valence-electron chi connectivity index (χ2n) is 5.22. The van der Waals surface area contributed by atoms with Crippen LogP contribution in [-0.2, 0) is 6.42 Å². The van der Waals surface area contributed by atoms with Crippen molar-refractivity contribution in [1.29, 1.82) is 0 Å². The number of thiophene rings is 1. The van der Waals surface area contributed by atoms with Crippen molar-refractivity contribution >= 4 is 23.0 Å². The third kappa shape index (κ3) is 4.39. The smallest absolute Gasteiger partial charge is 0.195 e. The highest BCUT2D eigenvalue weighted by molar-refractivity contribution is 7.07. The fraction of sp³-hybridized carbons (Fsp3) is 0.353. The highest BCUT2D eigenvalue weighted by Gasteiger charge is 2.11. The summed E-state index contributed by atoms with van der Waals surface area (Å²) < 4.78 is 11.4. The first-order chi connectivity index (χ1) is 11.3. The zero-order valence-electron chi connectivity index (χ0n) is 13.2. The van der Waals surface area contributed by atoms with Gasteiger partial charge < -0.3 is 20.1 Å². The Hall–Kier alpha value is -2.21. The van der Waals surface area contributed by atoms with Crippen LogP contribution < -0.4 is 20.1 Å². The Kier molecular flexibility index (Phi) is 5.37. The van der Waals surface area contributed by atoms with Gasteiger partial charge in [-0.25, -0.2) is 0 Å². The van der Waals surface area contributed by atoms with Crippen molar-refractivity contribution in [1.82, 2.24) is 5.32 Å². The molecule has 1 aromatic carbocycles. The van der Waals surface area contributed by atoms with Gasteiger partial charge in [0.2, 0.25) is 0 Å². The van der Waals surface area contributed by atoms with Crippen LogP contribution in [0.1, 0.15) is 12.0 Å². The summed E-state index contributed by atoms with van der Waals surface area (Å²) in [5.41, 5.74) is 2.27. The molecule has 0 unspecified atom stereocenters. The molecule has 122 valence electrons. The van der Waals surface area contributed by atoms with Crippen molar-refractivity contribution < 1.29 is 9.47 Å². The molecule has 1 aromatic heterocycles. The summed E-state index contributed by atoms with van der Waals surface area (Å²) in [7, 11) is 1.77. The standard InChI is InChI=1S/C17H21N3O2S/c1-18-17(19-7-5-13-6-10-23-12-13)20-14-3-4-15-16(11-14)22-9-2-8-21-15/h3-4,6,10-12H,2,5,7-9H2,1H3,(H2,18,19,20). The monoisotopic (exact) mass is 331 g/mol. The number of rotatable bonds is 4. The zero-order chi connectivity index (χ0) is 15.9. The molecule has 0 aliphatic carbocycles. The lowest BCUT2D eigenvalue weighted by Gasteiger charge is -2.13. The molecule has 1 aliphatic rings. The number of anilines is 1. The molecule has 0 atom stereocenters. The van der Waals surface area contributed by atoms with Gasteiger partial charge >= 0.3 is 0 Å². The van der Waals surface area contributed by atoms with Gasteiger partial charge in [0, 0.05) is 31.8 Å². The number of guanidine groups is 1. The topological polar surface area (TPSA) is 54.9 Å². The van der Waals surface area contributed by atoms with E-state index in [9.17, 15) is 0 Å². The van der Waals surface area contributed by atoms with Gasteiger partial charge in [-0.2, -0.15) is 11.3 Å². The lowest BCUT2D eigenvalue weighted by molar-refractivity contribution is 0.297. The van der Waals surface area contributed by atoms with Gasteiger partial charge in [0.05, 0.1) is 13.2 Å². The molecule has 0 saturated heterocycles. The van der Waals surface area contributed by atoms with Crippen LogP contribution in [0.4, 0.5) is 5.69 Å². The van der Waals surface area contributed by atoms with E-state index in [-0.39, 0.29) is 0 Å². The highest BCUT2D eigenvalue weighted by Crippen LogP contribution is 2.32. The SMILES string of the molecule is CN=C(NCCc1ccsc1)Nc1ccc2c(c1)OCCCO2. The highest BCUT2D eigenvalue weighted by atomic mass is 32.1. The zero-order valence-corrected chi connectivity index (χ0v) is 14.0. The van der Waals surface area contributed by atoms with Gasteiger partial charge in [0.1, 0.15) is 0 Å². The van der Waals surface area contributed by atoms with E-state index in [0.717, 1.165) is 42.5 Å². The summed E-state index contributed by atoms with van der Waals surface area (Å²) in [4.78, 5) is 4.26. The quantitative estimate of drug-likeness (QED) is 0.667. The molecule has 0 radical (unpaired) electrons. The summed E-state index contributed by atoms with van der Waals surface area (Å²) in [6.07, 6.45) is 1.88. The number of benzene rings is 1. The number of hydrogen-bond acceptors (Lipinski definition) is 4. The maximum Gasteiger partial charge on any atom is 0.195 e. The van der Waals surface area contributed by atoms with Crippen molar-refractivity contribution in [2.24, 2.45) is 4.99 Å². The molecule has 5 nitrogen and oxygen atoms in total. The van der Waals surface area contributed by atoms with E-state index in [2.05, 4.69) is 32.5 Å². The van der Waals surface area contributed by atoms with Crippen LogP contribution in [0.25, 0.3) is 0 Å². The van der Waals surface area contributed by atoms with E-state index in [4.69, 9.17) is 9.47 Å². The maximum atomic E-state index is 5.71. The molecule has 0 fully saturated rings. The Morgan fingerprint density at radius 2 is 2.09 bits per heavy atom. The maximum absolute atomic E-state index is 5.71. The third-order valence-electron chi connectivity index (χ3n) is 3.52. The predicted octanol–water partition coefficient (Wildman–Crippen LogP) is 3.14. The molecule has 2 aromatic rings. The van der Waals surface area contributed by atoms with Gasteiger partial charge in [-0.05, 0) is 40.9 Å². The molecular weight excluding hydrogens is 310 g/mol. The van der Waals surface area contributed by atoms with Crippen LogP contribution in [0.15, 0.2) is 40.0 Å². The Morgan fingerprint density at radius 1 is 1.22 bits per heavy atom. The lowest BCUT2D eigenvalue weighted by Crippen LogP contribution is -2.32. The minimum atomic E-state index is 0.685. The van der Waals surface area contributed by atoms with Gasteiger partial charge in [-0.1, -0.05) is 0 Å². The van der Waals surface area contributed by atoms with Crippen LogP contribution in [0.2, 0.25) is 0 Å². The second-order valence-corrected chi connectivity index (χ2v) is 6.00. The number of aliphatic imine (C=N–C) groups is 1. The molecule has 0 spiro atoms. The van der Waals surface area contributed by atoms with Gasteiger partial charge in [-0.15, -0.1) is 0 Å². The minimum absolute atomic E-state index is 0.685. The Labute approximate surface area is 140 Å². The van der Waals surface area contributed by atoms with E-state index in [0.29, 0.717) is 13.2 Å². The second kappa shape index (κ2) is 7.87. The van der Waals surface area contributed by atoms with Crippen LogP contribution in [0.5, 0.6) is 11.5 Å². The number of nitrogens with one attached hydrogen (secondary N) is 2. The van der Waals surface area contributed by atoms with E-state index in [1.165, 1.54) is 5.56 Å². The molecule has 0 saturated carbocycles. The first-order valence-electron chi connectivity index (χ1n) is 7.73. The molecule has 0 amide bonds. The van der Waals surface area contributed by atoms with Crippen molar-refractivity contribution in [2.45, 2.75) is 12.8 Å².